The van der Waals surface area contributed by atoms with Gasteiger partial charge in [-0.15, -0.1) is 11.3 Å². The molecule has 2 atom stereocenters. The number of pyridine rings is 1. The first kappa shape index (κ1) is 28.7. The molecule has 204 valence electrons. The van der Waals surface area contributed by atoms with Crippen LogP contribution < -0.4 is 5.32 Å². The third-order valence-electron chi connectivity index (χ3n) is 6.15. The normalized spacial score (nSPS) is 18.3. The van der Waals surface area contributed by atoms with Crippen LogP contribution in [-0.2, 0) is 9.53 Å². The highest BCUT2D eigenvalue weighted by atomic mass is 32.1. The fourth-order valence-electron chi connectivity index (χ4n) is 4.01. The Balaban J connectivity index is 0.000000405. The SMILES string of the molecule is CC1CCCN1C=O.CCOC(=O)c1nc(C)c(-c2cnc(NC(C3CC3)C(F)(F)F)cc2C(F)F)s1. The molecular formula is C24H29F5N4O3S. The van der Waals surface area contributed by atoms with E-state index in [1.807, 2.05) is 4.90 Å². The fraction of sp³-hybridized carbons (Fsp3) is 0.583. The second-order valence-corrected chi connectivity index (χ2v) is 9.95. The van der Waals surface area contributed by atoms with Crippen molar-refractivity contribution in [2.24, 2.45) is 5.92 Å². The molecule has 1 aliphatic heterocycles. The summed E-state index contributed by atoms with van der Waals surface area (Å²) in [5.41, 5.74) is -0.138. The number of aryl methyl sites for hydroxylation is 1. The quantitative estimate of drug-likeness (QED) is 0.247. The van der Waals surface area contributed by atoms with Gasteiger partial charge in [0.05, 0.1) is 17.2 Å². The number of thiazole rings is 1. The highest BCUT2D eigenvalue weighted by molar-refractivity contribution is 7.17. The molecule has 1 amide bonds. The molecule has 1 saturated carbocycles. The van der Waals surface area contributed by atoms with Crippen molar-refractivity contribution in [3.05, 3.63) is 28.5 Å². The van der Waals surface area contributed by atoms with Crippen LogP contribution in [0.1, 0.15) is 67.0 Å². The van der Waals surface area contributed by atoms with E-state index in [2.05, 4.69) is 22.2 Å². The third-order valence-corrected chi connectivity index (χ3v) is 7.32. The minimum absolute atomic E-state index is 0.00707. The van der Waals surface area contributed by atoms with Crippen LogP contribution in [0.2, 0.25) is 0 Å². The third kappa shape index (κ3) is 7.36. The van der Waals surface area contributed by atoms with Crippen LogP contribution in [-0.4, -0.2) is 58.7 Å². The molecule has 4 rings (SSSR count). The number of anilines is 1. The number of alkyl halides is 5. The van der Waals surface area contributed by atoms with Crippen molar-refractivity contribution in [2.75, 3.05) is 18.5 Å². The Hall–Kier alpha value is -2.83. The van der Waals surface area contributed by atoms with E-state index in [9.17, 15) is 31.5 Å². The van der Waals surface area contributed by atoms with Crippen LogP contribution in [0.25, 0.3) is 10.4 Å². The van der Waals surface area contributed by atoms with E-state index in [1.165, 1.54) is 12.8 Å². The van der Waals surface area contributed by atoms with Crippen molar-refractivity contribution in [3.63, 3.8) is 0 Å². The molecule has 1 aliphatic carbocycles. The number of carbonyl (C=O) groups is 2. The molecule has 1 saturated heterocycles. The smallest absolute Gasteiger partial charge is 0.408 e. The summed E-state index contributed by atoms with van der Waals surface area (Å²) in [6.45, 7) is 6.35. The van der Waals surface area contributed by atoms with Gasteiger partial charge in [-0.1, -0.05) is 0 Å². The predicted molar refractivity (Wildman–Crippen MR) is 129 cm³/mol. The zero-order valence-electron chi connectivity index (χ0n) is 20.6. The molecule has 1 N–H and O–H groups in total. The number of amides is 1. The van der Waals surface area contributed by atoms with Gasteiger partial charge in [0.2, 0.25) is 11.4 Å². The lowest BCUT2D eigenvalue weighted by atomic mass is 10.1. The molecule has 7 nitrogen and oxygen atoms in total. The zero-order chi connectivity index (χ0) is 27.3. The number of ether oxygens (including phenoxy) is 1. The Kier molecular flexibility index (Phi) is 9.43. The molecule has 2 aliphatic rings. The molecule has 2 unspecified atom stereocenters. The van der Waals surface area contributed by atoms with E-state index in [0.717, 1.165) is 36.6 Å². The molecule has 2 aromatic rings. The van der Waals surface area contributed by atoms with Gasteiger partial charge in [0.25, 0.3) is 6.43 Å². The molecule has 13 heteroatoms. The maximum Gasteiger partial charge on any atom is 0.408 e. The average molecular weight is 549 g/mol. The Morgan fingerprint density at radius 1 is 1.32 bits per heavy atom. The number of nitrogens with zero attached hydrogens (tertiary/aromatic N) is 3. The van der Waals surface area contributed by atoms with Crippen molar-refractivity contribution in [2.45, 2.75) is 71.1 Å². The molecule has 0 aromatic carbocycles. The molecule has 0 spiro atoms. The fourth-order valence-corrected chi connectivity index (χ4v) is 5.01. The largest absolute Gasteiger partial charge is 0.461 e. The van der Waals surface area contributed by atoms with E-state index in [1.54, 1.807) is 13.8 Å². The first-order chi connectivity index (χ1) is 17.5. The minimum atomic E-state index is -4.50. The van der Waals surface area contributed by atoms with Gasteiger partial charge >= 0.3 is 12.1 Å². The van der Waals surface area contributed by atoms with E-state index >= 15 is 0 Å². The van der Waals surface area contributed by atoms with Crippen molar-refractivity contribution in [1.82, 2.24) is 14.9 Å². The topological polar surface area (TPSA) is 84.4 Å². The van der Waals surface area contributed by atoms with E-state index < -0.39 is 36.1 Å². The highest BCUT2D eigenvalue weighted by Gasteiger charge is 2.49. The number of carbonyl (C=O) groups excluding carboxylic acids is 2. The maximum absolute atomic E-state index is 13.7. The van der Waals surface area contributed by atoms with Crippen molar-refractivity contribution in [1.29, 1.82) is 0 Å². The summed E-state index contributed by atoms with van der Waals surface area (Å²) in [7, 11) is 0. The van der Waals surface area contributed by atoms with Gasteiger partial charge in [0, 0.05) is 29.9 Å². The Morgan fingerprint density at radius 2 is 2.03 bits per heavy atom. The molecule has 2 aromatic heterocycles. The van der Waals surface area contributed by atoms with Gasteiger partial charge in [-0.05, 0) is 58.4 Å². The Bertz CT molecular complexity index is 1090. The summed E-state index contributed by atoms with van der Waals surface area (Å²) in [6, 6.07) is -0.413. The lowest BCUT2D eigenvalue weighted by molar-refractivity contribution is -0.146. The number of esters is 1. The predicted octanol–water partition coefficient (Wildman–Crippen LogP) is 6.01. The summed E-state index contributed by atoms with van der Waals surface area (Å²) in [5.74, 6) is -1.53. The number of hydrogen-bond donors (Lipinski definition) is 1. The molecule has 0 bridgehead atoms. The molecule has 3 heterocycles. The van der Waals surface area contributed by atoms with Crippen LogP contribution in [0.5, 0.6) is 0 Å². The zero-order valence-corrected chi connectivity index (χ0v) is 21.5. The van der Waals surface area contributed by atoms with Gasteiger partial charge in [0.15, 0.2) is 0 Å². The molecular weight excluding hydrogens is 519 g/mol. The van der Waals surface area contributed by atoms with E-state index in [-0.39, 0.29) is 27.9 Å². The number of hydrogen-bond acceptors (Lipinski definition) is 7. The first-order valence-electron chi connectivity index (χ1n) is 11.9. The summed E-state index contributed by atoms with van der Waals surface area (Å²) in [5, 5.41) is 2.26. The summed E-state index contributed by atoms with van der Waals surface area (Å²) >= 11 is 0.872. The standard InChI is InChI=1S/C18H18F5N3O2S.C6H11NO/c1-3-28-17(27)16-25-8(2)13(29-16)11-7-24-12(6-10(11)15(19)20)26-14(9-4-5-9)18(21,22)23;1-6-3-2-4-7(6)5-8/h6-7,9,14-15H,3-5H2,1-2H3,(H,24,26);5-6H,2-4H2,1H3. The molecule has 37 heavy (non-hydrogen) atoms. The minimum Gasteiger partial charge on any atom is -0.461 e. The maximum atomic E-state index is 13.7. The van der Waals surface area contributed by atoms with Gasteiger partial charge in [0.1, 0.15) is 11.9 Å². The van der Waals surface area contributed by atoms with Crippen LogP contribution in [0.4, 0.5) is 27.8 Å². The Morgan fingerprint density at radius 3 is 2.51 bits per heavy atom. The Labute approximate surface area is 215 Å². The van der Waals surface area contributed by atoms with Crippen LogP contribution >= 0.6 is 11.3 Å². The van der Waals surface area contributed by atoms with Crippen molar-refractivity contribution >= 4 is 29.5 Å². The number of halogens is 5. The van der Waals surface area contributed by atoms with E-state index in [0.29, 0.717) is 24.6 Å². The lowest BCUT2D eigenvalue weighted by Gasteiger charge is -2.22. The van der Waals surface area contributed by atoms with Crippen LogP contribution in [0.3, 0.4) is 0 Å². The van der Waals surface area contributed by atoms with Crippen LogP contribution in [0, 0.1) is 12.8 Å². The molecule has 2 fully saturated rings. The number of aromatic nitrogens is 2. The monoisotopic (exact) mass is 548 g/mol. The van der Waals surface area contributed by atoms with Gasteiger partial charge in [-0.2, -0.15) is 13.2 Å². The van der Waals surface area contributed by atoms with Gasteiger partial charge in [-0.3, -0.25) is 4.79 Å². The van der Waals surface area contributed by atoms with Gasteiger partial charge < -0.3 is 15.0 Å². The summed E-state index contributed by atoms with van der Waals surface area (Å²) < 4.78 is 71.8. The van der Waals surface area contributed by atoms with Gasteiger partial charge in [-0.25, -0.2) is 23.5 Å². The number of likely N-dealkylation sites (tertiary alicyclic amines) is 1. The summed E-state index contributed by atoms with van der Waals surface area (Å²) in [6.07, 6.45) is -2.22. The molecule has 0 radical (unpaired) electrons. The second kappa shape index (κ2) is 12.1. The van der Waals surface area contributed by atoms with Crippen LogP contribution in [0.15, 0.2) is 12.3 Å². The number of rotatable bonds is 8. The van der Waals surface area contributed by atoms with Crippen molar-refractivity contribution < 1.29 is 36.3 Å². The number of nitrogens with one attached hydrogen (secondary N) is 1. The summed E-state index contributed by atoms with van der Waals surface area (Å²) in [4.78, 5) is 32.1. The van der Waals surface area contributed by atoms with E-state index in [4.69, 9.17) is 4.74 Å². The highest BCUT2D eigenvalue weighted by Crippen LogP contribution is 2.42. The average Bonchev–Trinajstić information content (AvgIpc) is 3.47. The van der Waals surface area contributed by atoms with Crippen molar-refractivity contribution in [3.8, 4) is 10.4 Å². The second-order valence-electron chi connectivity index (χ2n) is 8.95. The first-order valence-corrected chi connectivity index (χ1v) is 12.7. The lowest BCUT2D eigenvalue weighted by Crippen LogP contribution is -2.38.